The number of fused-ring (bicyclic) bond motifs is 1. The van der Waals surface area contributed by atoms with E-state index in [4.69, 9.17) is 0 Å². The predicted molar refractivity (Wildman–Crippen MR) is 94.6 cm³/mol. The van der Waals surface area contributed by atoms with Crippen LogP contribution in [0.4, 0.5) is 0 Å². The van der Waals surface area contributed by atoms with Gasteiger partial charge in [-0.2, -0.15) is 5.10 Å². The molecule has 22 heavy (non-hydrogen) atoms. The molecule has 1 N–H and O–H groups in total. The topological polar surface area (TPSA) is 28.7 Å². The molecule has 2 aromatic carbocycles. The summed E-state index contributed by atoms with van der Waals surface area (Å²) in [5, 5.41) is 8.15. The summed E-state index contributed by atoms with van der Waals surface area (Å²) in [4.78, 5) is 0. The van der Waals surface area contributed by atoms with Crippen molar-refractivity contribution in [3.05, 3.63) is 78.5 Å². The minimum atomic E-state index is 0.913. The fourth-order valence-electron chi connectivity index (χ4n) is 2.71. The molecule has 0 amide bonds. The summed E-state index contributed by atoms with van der Waals surface area (Å²) in [6, 6.07) is 14.7. The zero-order valence-corrected chi connectivity index (χ0v) is 12.9. The van der Waals surface area contributed by atoms with E-state index in [1.165, 1.54) is 22.3 Å². The molecule has 0 bridgehead atoms. The minimum absolute atomic E-state index is 0.913. The highest BCUT2D eigenvalue weighted by Crippen LogP contribution is 2.27. The van der Waals surface area contributed by atoms with Gasteiger partial charge >= 0.3 is 0 Å². The van der Waals surface area contributed by atoms with Gasteiger partial charge in [0.1, 0.15) is 0 Å². The highest BCUT2D eigenvalue weighted by Gasteiger charge is 2.06. The first-order valence-electron chi connectivity index (χ1n) is 7.50. The molecule has 0 radical (unpaired) electrons. The minimum Gasteiger partial charge on any atom is -0.278 e. The van der Waals surface area contributed by atoms with E-state index in [1.807, 2.05) is 6.20 Å². The lowest BCUT2D eigenvalue weighted by Gasteiger charge is -2.11. The van der Waals surface area contributed by atoms with E-state index in [2.05, 4.69) is 72.7 Å². The fraction of sp³-hybridized carbons (Fsp3) is 0.150. The molecular formula is C20H20N2. The number of hydrogen-bond acceptors (Lipinski definition) is 1. The van der Waals surface area contributed by atoms with Gasteiger partial charge in [0.2, 0.25) is 0 Å². The van der Waals surface area contributed by atoms with E-state index in [0.29, 0.717) is 0 Å². The maximum atomic E-state index is 4.24. The summed E-state index contributed by atoms with van der Waals surface area (Å²) in [6.45, 7) is 10.6. The maximum Gasteiger partial charge on any atom is 0.0650 e. The second kappa shape index (κ2) is 6.02. The van der Waals surface area contributed by atoms with Crippen LogP contribution in [0.15, 0.2) is 61.8 Å². The standard InChI is InChI=1S/C20H20N2/c1-14(17-10-11-20-18(12-17)13-21-22-20)8-9-16(3)19-7-5-4-6-15(19)2/h4-7,10-13H,1,3,8-9H2,2H3,(H,21,22). The van der Waals surface area contributed by atoms with E-state index in [0.717, 1.165) is 29.3 Å². The van der Waals surface area contributed by atoms with Gasteiger partial charge in [0, 0.05) is 5.39 Å². The Morgan fingerprint density at radius 2 is 1.82 bits per heavy atom. The molecule has 0 fully saturated rings. The second-order valence-corrected chi connectivity index (χ2v) is 5.69. The molecule has 3 aromatic rings. The van der Waals surface area contributed by atoms with Gasteiger partial charge in [0.15, 0.2) is 0 Å². The number of nitrogens with one attached hydrogen (secondary N) is 1. The van der Waals surface area contributed by atoms with Crippen LogP contribution >= 0.6 is 0 Å². The molecule has 1 heterocycles. The van der Waals surface area contributed by atoms with Gasteiger partial charge in [0.05, 0.1) is 11.7 Å². The Morgan fingerprint density at radius 1 is 1.05 bits per heavy atom. The van der Waals surface area contributed by atoms with Crippen molar-refractivity contribution in [2.75, 3.05) is 0 Å². The van der Waals surface area contributed by atoms with Crippen LogP contribution in [-0.2, 0) is 0 Å². The zero-order chi connectivity index (χ0) is 15.5. The van der Waals surface area contributed by atoms with Crippen molar-refractivity contribution in [1.29, 1.82) is 0 Å². The van der Waals surface area contributed by atoms with E-state index in [9.17, 15) is 0 Å². The smallest absolute Gasteiger partial charge is 0.0650 e. The molecule has 3 rings (SSSR count). The lowest BCUT2D eigenvalue weighted by atomic mass is 9.94. The molecule has 2 nitrogen and oxygen atoms in total. The molecule has 0 aliphatic carbocycles. The molecule has 0 aliphatic heterocycles. The van der Waals surface area contributed by atoms with Crippen LogP contribution in [0.2, 0.25) is 0 Å². The Hall–Kier alpha value is -2.61. The van der Waals surface area contributed by atoms with Gasteiger partial charge < -0.3 is 0 Å². The molecule has 110 valence electrons. The third kappa shape index (κ3) is 2.86. The number of aromatic nitrogens is 2. The van der Waals surface area contributed by atoms with Crippen molar-refractivity contribution in [1.82, 2.24) is 10.2 Å². The summed E-state index contributed by atoms with van der Waals surface area (Å²) < 4.78 is 0. The molecule has 1 aromatic heterocycles. The number of aromatic amines is 1. The quantitative estimate of drug-likeness (QED) is 0.671. The second-order valence-electron chi connectivity index (χ2n) is 5.69. The van der Waals surface area contributed by atoms with Gasteiger partial charge in [-0.25, -0.2) is 0 Å². The summed E-state index contributed by atoms with van der Waals surface area (Å²) >= 11 is 0. The lowest BCUT2D eigenvalue weighted by molar-refractivity contribution is 1.09. The number of allylic oxidation sites excluding steroid dienone is 2. The van der Waals surface area contributed by atoms with Gasteiger partial charge in [-0.3, -0.25) is 5.10 Å². The van der Waals surface area contributed by atoms with Crippen LogP contribution in [-0.4, -0.2) is 10.2 Å². The first-order valence-corrected chi connectivity index (χ1v) is 7.50. The Kier molecular flexibility index (Phi) is 3.92. The van der Waals surface area contributed by atoms with Crippen LogP contribution in [0, 0.1) is 6.92 Å². The summed E-state index contributed by atoms with van der Waals surface area (Å²) in [7, 11) is 0. The van der Waals surface area contributed by atoms with Gasteiger partial charge in [-0.05, 0) is 59.7 Å². The largest absolute Gasteiger partial charge is 0.278 e. The van der Waals surface area contributed by atoms with Crippen LogP contribution in [0.25, 0.3) is 22.0 Å². The normalized spacial score (nSPS) is 10.8. The third-order valence-electron chi connectivity index (χ3n) is 4.10. The predicted octanol–water partition coefficient (Wildman–Crippen LogP) is 5.38. The highest BCUT2D eigenvalue weighted by atomic mass is 15.1. The number of H-pyrrole nitrogens is 1. The lowest BCUT2D eigenvalue weighted by Crippen LogP contribution is -1.89. The zero-order valence-electron chi connectivity index (χ0n) is 12.9. The molecule has 0 aliphatic rings. The molecule has 0 atom stereocenters. The van der Waals surface area contributed by atoms with Crippen molar-refractivity contribution in [3.8, 4) is 0 Å². The number of nitrogens with zero attached hydrogens (tertiary/aromatic N) is 1. The van der Waals surface area contributed by atoms with Gasteiger partial charge in [-0.1, -0.05) is 43.5 Å². The Bertz CT molecular complexity index is 840. The van der Waals surface area contributed by atoms with E-state index in [-0.39, 0.29) is 0 Å². The van der Waals surface area contributed by atoms with Crippen molar-refractivity contribution in [3.63, 3.8) is 0 Å². The van der Waals surface area contributed by atoms with Crippen LogP contribution in [0.1, 0.15) is 29.5 Å². The molecule has 2 heteroatoms. The highest BCUT2D eigenvalue weighted by molar-refractivity contribution is 5.82. The first-order chi connectivity index (χ1) is 10.6. The van der Waals surface area contributed by atoms with Gasteiger partial charge in [-0.15, -0.1) is 0 Å². The first kappa shape index (κ1) is 14.3. The SMILES string of the molecule is C=C(CCC(=C)c1ccccc1C)c1ccc2[nH]ncc2c1. The van der Waals surface area contributed by atoms with Crippen LogP contribution < -0.4 is 0 Å². The van der Waals surface area contributed by atoms with Crippen molar-refractivity contribution in [2.24, 2.45) is 0 Å². The summed E-state index contributed by atoms with van der Waals surface area (Å²) in [5.74, 6) is 0. The number of aryl methyl sites for hydroxylation is 1. The molecule has 0 saturated carbocycles. The molecule has 0 spiro atoms. The maximum absolute atomic E-state index is 4.24. The molecular weight excluding hydrogens is 268 g/mol. The van der Waals surface area contributed by atoms with Crippen molar-refractivity contribution >= 4 is 22.0 Å². The van der Waals surface area contributed by atoms with Crippen LogP contribution in [0.3, 0.4) is 0 Å². The average Bonchev–Trinajstić information content (AvgIpc) is 3.00. The molecule has 0 saturated heterocycles. The van der Waals surface area contributed by atoms with E-state index >= 15 is 0 Å². The van der Waals surface area contributed by atoms with Crippen molar-refractivity contribution in [2.45, 2.75) is 19.8 Å². The number of hydrogen-bond donors (Lipinski definition) is 1. The molecule has 0 unspecified atom stereocenters. The van der Waals surface area contributed by atoms with E-state index < -0.39 is 0 Å². The summed E-state index contributed by atoms with van der Waals surface area (Å²) in [5.41, 5.74) is 7.06. The third-order valence-corrected chi connectivity index (χ3v) is 4.10. The Labute approximate surface area is 131 Å². The number of rotatable bonds is 5. The van der Waals surface area contributed by atoms with E-state index in [1.54, 1.807) is 0 Å². The number of benzene rings is 2. The Morgan fingerprint density at radius 3 is 2.64 bits per heavy atom. The van der Waals surface area contributed by atoms with Crippen LogP contribution in [0.5, 0.6) is 0 Å². The van der Waals surface area contributed by atoms with Crippen molar-refractivity contribution < 1.29 is 0 Å². The Balaban J connectivity index is 1.69. The van der Waals surface area contributed by atoms with Gasteiger partial charge in [0.25, 0.3) is 0 Å². The monoisotopic (exact) mass is 288 g/mol. The summed E-state index contributed by atoms with van der Waals surface area (Å²) in [6.07, 6.45) is 3.68. The fourth-order valence-corrected chi connectivity index (χ4v) is 2.71. The average molecular weight is 288 g/mol.